The van der Waals surface area contributed by atoms with E-state index in [4.69, 9.17) is 28.4 Å². The molecule has 0 aromatic heterocycles. The third-order valence-corrected chi connectivity index (χ3v) is 4.86. The van der Waals surface area contributed by atoms with Gasteiger partial charge in [-0.25, -0.2) is 4.79 Å². The van der Waals surface area contributed by atoms with E-state index in [1.807, 2.05) is 30.3 Å². The molecule has 1 rings (SSSR count). The number of benzene rings is 1. The zero-order chi connectivity index (χ0) is 24.4. The number of unbranched alkanes of at least 4 members (excludes halogenated alkanes) is 5. The molecule has 0 heterocycles. The molecule has 0 unspecified atom stereocenters. The lowest BCUT2D eigenvalue weighted by molar-refractivity contribution is -0.0110. The van der Waals surface area contributed by atoms with Gasteiger partial charge in [0.25, 0.3) is 0 Å². The number of hydrogen-bond acceptors (Lipinski definition) is 7. The predicted octanol–water partition coefficient (Wildman–Crippen LogP) is 4.36. The lowest BCUT2D eigenvalue weighted by Crippen LogP contribution is -2.28. The maximum Gasteiger partial charge on any atom is 0.407 e. The van der Waals surface area contributed by atoms with Gasteiger partial charge in [-0.2, -0.15) is 0 Å². The molecule has 1 aromatic rings. The van der Waals surface area contributed by atoms with Crippen LogP contribution in [0.3, 0.4) is 0 Å². The highest BCUT2D eigenvalue weighted by Gasteiger charge is 2.01. The Hall–Kier alpha value is -1.71. The van der Waals surface area contributed by atoms with E-state index in [2.05, 4.69) is 12.2 Å². The van der Waals surface area contributed by atoms with Crippen molar-refractivity contribution in [2.45, 2.75) is 52.1 Å². The molecule has 196 valence electrons. The number of carbonyl (C=O) groups is 1. The van der Waals surface area contributed by atoms with Crippen LogP contribution in [-0.4, -0.2) is 78.7 Å². The second kappa shape index (κ2) is 24.4. The van der Waals surface area contributed by atoms with Crippen LogP contribution < -0.4 is 5.32 Å². The summed E-state index contributed by atoms with van der Waals surface area (Å²) in [5.74, 6) is 0. The van der Waals surface area contributed by atoms with Gasteiger partial charge >= 0.3 is 6.09 Å². The smallest absolute Gasteiger partial charge is 0.407 e. The van der Waals surface area contributed by atoms with Crippen LogP contribution in [0.2, 0.25) is 0 Å². The van der Waals surface area contributed by atoms with E-state index in [0.29, 0.717) is 66.0 Å². The molecule has 0 fully saturated rings. The van der Waals surface area contributed by atoms with Gasteiger partial charge in [-0.15, -0.1) is 0 Å². The van der Waals surface area contributed by atoms with Crippen LogP contribution in [0, 0.1) is 0 Å². The van der Waals surface area contributed by atoms with Crippen molar-refractivity contribution < 1.29 is 33.2 Å². The molecule has 0 saturated carbocycles. The Kier molecular flexibility index (Phi) is 21.8. The summed E-state index contributed by atoms with van der Waals surface area (Å²) in [7, 11) is 0. The monoisotopic (exact) mass is 483 g/mol. The molecule has 0 aliphatic rings. The summed E-state index contributed by atoms with van der Waals surface area (Å²) in [6, 6.07) is 9.54. The molecule has 0 aliphatic heterocycles. The maximum absolute atomic E-state index is 11.6. The topological polar surface area (TPSA) is 84.5 Å². The quantitative estimate of drug-likeness (QED) is 0.219. The first-order valence-corrected chi connectivity index (χ1v) is 12.7. The van der Waals surface area contributed by atoms with Gasteiger partial charge in [0.2, 0.25) is 0 Å². The lowest BCUT2D eigenvalue weighted by Gasteiger charge is -2.09. The number of carbonyl (C=O) groups excluding carboxylic acids is 1. The minimum atomic E-state index is -0.453. The molecular weight excluding hydrogens is 438 g/mol. The van der Waals surface area contributed by atoms with Crippen molar-refractivity contribution >= 4 is 6.09 Å². The second-order valence-electron chi connectivity index (χ2n) is 7.82. The molecule has 0 aliphatic carbocycles. The van der Waals surface area contributed by atoms with Crippen molar-refractivity contribution in [2.75, 3.05) is 72.6 Å². The second-order valence-corrected chi connectivity index (χ2v) is 7.82. The Morgan fingerprint density at radius 3 is 1.74 bits per heavy atom. The van der Waals surface area contributed by atoms with Gasteiger partial charge in [0.15, 0.2) is 0 Å². The molecule has 0 saturated heterocycles. The Morgan fingerprint density at radius 1 is 0.647 bits per heavy atom. The fraction of sp³-hybridized carbons (Fsp3) is 0.731. The minimum absolute atomic E-state index is 0.253. The van der Waals surface area contributed by atoms with Crippen LogP contribution in [0.25, 0.3) is 0 Å². The molecule has 0 atom stereocenters. The van der Waals surface area contributed by atoms with E-state index < -0.39 is 6.09 Å². The number of nitrogens with one attached hydrogen (secondary N) is 1. The molecule has 34 heavy (non-hydrogen) atoms. The molecule has 1 aromatic carbocycles. The Balaban J connectivity index is 1.69. The van der Waals surface area contributed by atoms with Crippen molar-refractivity contribution in [3.8, 4) is 0 Å². The highest BCUT2D eigenvalue weighted by molar-refractivity contribution is 5.67. The first-order valence-electron chi connectivity index (χ1n) is 12.7. The van der Waals surface area contributed by atoms with Gasteiger partial charge < -0.3 is 33.7 Å². The first kappa shape index (κ1) is 30.3. The summed E-state index contributed by atoms with van der Waals surface area (Å²) in [5.41, 5.74) is 0.950. The zero-order valence-corrected chi connectivity index (χ0v) is 21.0. The normalized spacial score (nSPS) is 11.0. The minimum Gasteiger partial charge on any atom is -0.445 e. The van der Waals surface area contributed by atoms with Gasteiger partial charge in [0.1, 0.15) is 6.61 Å². The molecule has 0 spiro atoms. The van der Waals surface area contributed by atoms with E-state index in [1.165, 1.54) is 32.1 Å². The SMILES string of the molecule is CCCCCCCCOCCOCCOCCOCCOCCNC(=O)OCc1ccccc1. The molecule has 1 N–H and O–H groups in total. The van der Waals surface area contributed by atoms with Crippen LogP contribution >= 0.6 is 0 Å². The van der Waals surface area contributed by atoms with Crippen molar-refractivity contribution in [3.63, 3.8) is 0 Å². The van der Waals surface area contributed by atoms with Crippen molar-refractivity contribution in [1.29, 1.82) is 0 Å². The molecule has 0 bridgehead atoms. The lowest BCUT2D eigenvalue weighted by atomic mass is 10.1. The largest absolute Gasteiger partial charge is 0.445 e. The third kappa shape index (κ3) is 20.9. The predicted molar refractivity (Wildman–Crippen MR) is 132 cm³/mol. The molecule has 8 nitrogen and oxygen atoms in total. The first-order chi connectivity index (χ1) is 16.8. The Morgan fingerprint density at radius 2 is 1.15 bits per heavy atom. The Labute approximate surface area is 205 Å². The van der Waals surface area contributed by atoms with E-state index in [1.54, 1.807) is 0 Å². The van der Waals surface area contributed by atoms with Crippen LogP contribution in [0.15, 0.2) is 30.3 Å². The number of alkyl carbamates (subject to hydrolysis) is 1. The molecular formula is C26H45NO7. The summed E-state index contributed by atoms with van der Waals surface area (Å²) in [4.78, 5) is 11.6. The fourth-order valence-corrected chi connectivity index (χ4v) is 2.97. The molecule has 1 amide bonds. The highest BCUT2D eigenvalue weighted by atomic mass is 16.6. The average molecular weight is 484 g/mol. The number of amides is 1. The van der Waals surface area contributed by atoms with Crippen molar-refractivity contribution in [1.82, 2.24) is 5.32 Å². The molecule has 8 heteroatoms. The summed E-state index contributed by atoms with van der Waals surface area (Å²) >= 11 is 0. The fourth-order valence-electron chi connectivity index (χ4n) is 2.97. The van der Waals surface area contributed by atoms with Gasteiger partial charge in [0.05, 0.1) is 59.5 Å². The van der Waals surface area contributed by atoms with Crippen LogP contribution in [-0.2, 0) is 35.0 Å². The zero-order valence-electron chi connectivity index (χ0n) is 21.0. The number of ether oxygens (including phenoxy) is 6. The van der Waals surface area contributed by atoms with Crippen LogP contribution in [0.4, 0.5) is 4.79 Å². The van der Waals surface area contributed by atoms with E-state index in [-0.39, 0.29) is 6.61 Å². The highest BCUT2D eigenvalue weighted by Crippen LogP contribution is 2.04. The summed E-state index contributed by atoms with van der Waals surface area (Å²) in [5, 5.41) is 2.65. The molecule has 0 radical (unpaired) electrons. The van der Waals surface area contributed by atoms with Gasteiger partial charge in [0, 0.05) is 13.2 Å². The van der Waals surface area contributed by atoms with E-state index in [9.17, 15) is 4.79 Å². The number of hydrogen-bond donors (Lipinski definition) is 1. The standard InChI is InChI=1S/C26H45NO7/c1-2-3-4-5-6-10-14-29-16-18-31-20-22-33-23-21-32-19-17-30-15-13-27-26(28)34-24-25-11-8-7-9-12-25/h7-9,11-12H,2-6,10,13-24H2,1H3,(H,27,28). The summed E-state index contributed by atoms with van der Waals surface area (Å²) < 4.78 is 32.5. The average Bonchev–Trinajstić information content (AvgIpc) is 2.86. The van der Waals surface area contributed by atoms with E-state index >= 15 is 0 Å². The van der Waals surface area contributed by atoms with Gasteiger partial charge in [-0.1, -0.05) is 69.4 Å². The van der Waals surface area contributed by atoms with Crippen LogP contribution in [0.1, 0.15) is 51.0 Å². The van der Waals surface area contributed by atoms with E-state index in [0.717, 1.165) is 18.6 Å². The van der Waals surface area contributed by atoms with Crippen LogP contribution in [0.5, 0.6) is 0 Å². The van der Waals surface area contributed by atoms with Gasteiger partial charge in [-0.3, -0.25) is 0 Å². The van der Waals surface area contributed by atoms with Crippen molar-refractivity contribution in [3.05, 3.63) is 35.9 Å². The van der Waals surface area contributed by atoms with Crippen molar-refractivity contribution in [2.24, 2.45) is 0 Å². The van der Waals surface area contributed by atoms with Gasteiger partial charge in [-0.05, 0) is 12.0 Å². The summed E-state index contributed by atoms with van der Waals surface area (Å²) in [6.07, 6.45) is 7.22. The Bertz CT molecular complexity index is 559. The summed E-state index contributed by atoms with van der Waals surface area (Å²) in [6.45, 7) is 8.42. The third-order valence-electron chi connectivity index (χ3n) is 4.86. The maximum atomic E-state index is 11.6. The number of rotatable bonds is 24.